The molecule has 4 aromatic carbocycles. The quantitative estimate of drug-likeness (QED) is 0.0947. The van der Waals surface area contributed by atoms with Crippen molar-refractivity contribution in [3.8, 4) is 22.9 Å². The van der Waals surface area contributed by atoms with E-state index in [0.29, 0.717) is 40.0 Å². The third-order valence-corrected chi connectivity index (χ3v) is 7.06. The highest BCUT2D eigenvalue weighted by Crippen LogP contribution is 2.34. The molecule has 0 radical (unpaired) electrons. The van der Waals surface area contributed by atoms with Crippen LogP contribution < -0.4 is 15.0 Å². The molecule has 1 heterocycles. The number of halogens is 1. The molecule has 10 heteroatoms. The Morgan fingerprint density at radius 1 is 1.02 bits per heavy atom. The van der Waals surface area contributed by atoms with Crippen molar-refractivity contribution in [3.63, 3.8) is 0 Å². The van der Waals surface area contributed by atoms with Gasteiger partial charge in [0.25, 0.3) is 5.56 Å². The summed E-state index contributed by atoms with van der Waals surface area (Å²) in [5.41, 5.74) is 3.27. The third kappa shape index (κ3) is 6.34. The Morgan fingerprint density at radius 3 is 2.55 bits per heavy atom. The monoisotopic (exact) mass is 594 g/mol. The van der Waals surface area contributed by atoms with Crippen LogP contribution in [0.3, 0.4) is 0 Å². The predicted octanol–water partition coefficient (Wildman–Crippen LogP) is 7.40. The second-order valence-corrected chi connectivity index (χ2v) is 10.5. The van der Waals surface area contributed by atoms with Crippen molar-refractivity contribution in [3.05, 3.63) is 127 Å². The Bertz CT molecular complexity index is 1950. The van der Waals surface area contributed by atoms with Crippen LogP contribution in [0.2, 0.25) is 0 Å². The minimum Gasteiger partial charge on any atom is -0.494 e. The average molecular weight is 595 g/mol. The van der Waals surface area contributed by atoms with E-state index in [-0.39, 0.29) is 29.5 Å². The molecule has 0 aliphatic carbocycles. The van der Waals surface area contributed by atoms with Crippen LogP contribution in [0.4, 0.5) is 10.1 Å². The smallest absolute Gasteiger partial charge is 0.311 e. The number of hydrogen-bond donors (Lipinski definition) is 0. The molecule has 1 aromatic heterocycles. The van der Waals surface area contributed by atoms with Crippen molar-refractivity contribution in [1.82, 2.24) is 9.66 Å². The maximum atomic E-state index is 13.7. The first-order chi connectivity index (χ1) is 21.2. The summed E-state index contributed by atoms with van der Waals surface area (Å²) in [6.07, 6.45) is 1.37. The van der Waals surface area contributed by atoms with Crippen LogP contribution in [0.5, 0.6) is 11.5 Å². The zero-order valence-corrected chi connectivity index (χ0v) is 24.8. The first-order valence-electron chi connectivity index (χ1n) is 14.2. The number of fused-ring (bicyclic) bond motifs is 1. The number of nitro benzene ring substituents is 1. The Labute approximate surface area is 253 Å². The van der Waals surface area contributed by atoms with E-state index in [1.54, 1.807) is 30.3 Å². The summed E-state index contributed by atoms with van der Waals surface area (Å²) in [5, 5.41) is 16.8. The van der Waals surface area contributed by atoms with Crippen LogP contribution in [0.25, 0.3) is 22.3 Å². The molecule has 0 unspecified atom stereocenters. The molecule has 0 fully saturated rings. The number of benzene rings is 4. The molecule has 5 rings (SSSR count). The first-order valence-corrected chi connectivity index (χ1v) is 14.2. The van der Waals surface area contributed by atoms with Crippen LogP contribution in [0, 0.1) is 22.9 Å². The molecule has 0 amide bonds. The van der Waals surface area contributed by atoms with E-state index in [1.807, 2.05) is 32.0 Å². The summed E-state index contributed by atoms with van der Waals surface area (Å²) < 4.78 is 26.3. The first kappa shape index (κ1) is 30.1. The van der Waals surface area contributed by atoms with E-state index in [1.165, 1.54) is 41.2 Å². The normalized spacial score (nSPS) is 11.4. The second-order valence-electron chi connectivity index (χ2n) is 10.5. The van der Waals surface area contributed by atoms with Crippen LogP contribution in [0.1, 0.15) is 48.9 Å². The molecule has 0 aliphatic heterocycles. The van der Waals surface area contributed by atoms with Gasteiger partial charge in [-0.15, -0.1) is 0 Å². The average Bonchev–Trinajstić information content (AvgIpc) is 3.00. The van der Waals surface area contributed by atoms with E-state index in [4.69, 9.17) is 14.5 Å². The number of nitrogens with zero attached hydrogens (tertiary/aromatic N) is 4. The summed E-state index contributed by atoms with van der Waals surface area (Å²) in [6, 6.07) is 21.1. The molecule has 0 N–H and O–H groups in total. The summed E-state index contributed by atoms with van der Waals surface area (Å²) >= 11 is 0. The number of aromatic nitrogens is 2. The van der Waals surface area contributed by atoms with Gasteiger partial charge in [-0.25, -0.2) is 9.37 Å². The lowest BCUT2D eigenvalue weighted by Crippen LogP contribution is -2.21. The molecule has 9 nitrogen and oxygen atoms in total. The van der Waals surface area contributed by atoms with Gasteiger partial charge in [0.1, 0.15) is 18.2 Å². The largest absolute Gasteiger partial charge is 0.494 e. The van der Waals surface area contributed by atoms with E-state index in [9.17, 15) is 19.3 Å². The summed E-state index contributed by atoms with van der Waals surface area (Å²) in [6.45, 7) is 8.44. The molecule has 0 spiro atoms. The maximum absolute atomic E-state index is 13.7. The standard InChI is InChI=1S/C34H31FN4O5/c1-5-43-32-15-22(4)28(18-27(32)21(2)3)33-37-29-12-7-6-11-26(29)34(40)38(33)36-19-23-13-14-31(30(17-23)39(41)42)44-20-24-9-8-10-25(35)16-24/h6-19,21H,5,20H2,1-4H3. The number of rotatable bonds is 10. The highest BCUT2D eigenvalue weighted by molar-refractivity contribution is 5.83. The van der Waals surface area contributed by atoms with Crippen LogP contribution in [0.15, 0.2) is 88.8 Å². The molecular formula is C34H31FN4O5. The fourth-order valence-corrected chi connectivity index (χ4v) is 4.87. The molecule has 0 aliphatic rings. The summed E-state index contributed by atoms with van der Waals surface area (Å²) in [7, 11) is 0. The maximum Gasteiger partial charge on any atom is 0.311 e. The molecule has 224 valence electrons. The van der Waals surface area contributed by atoms with Crippen molar-refractivity contribution in [2.45, 2.75) is 40.2 Å². The molecule has 0 saturated carbocycles. The van der Waals surface area contributed by atoms with Crippen LogP contribution >= 0.6 is 0 Å². The SMILES string of the molecule is CCOc1cc(C)c(-c2nc3ccccc3c(=O)n2N=Cc2ccc(OCc3cccc(F)c3)c([N+](=O)[O-])c2)cc1C(C)C. The van der Waals surface area contributed by atoms with Gasteiger partial charge in [-0.1, -0.05) is 38.1 Å². The third-order valence-electron chi connectivity index (χ3n) is 7.06. The van der Waals surface area contributed by atoms with E-state index < -0.39 is 10.7 Å². The molecule has 0 bridgehead atoms. The number of para-hydroxylation sites is 1. The van der Waals surface area contributed by atoms with E-state index in [2.05, 4.69) is 18.9 Å². The summed E-state index contributed by atoms with van der Waals surface area (Å²) in [5.74, 6) is 0.840. The Balaban J connectivity index is 1.58. The Morgan fingerprint density at radius 2 is 1.82 bits per heavy atom. The molecule has 0 atom stereocenters. The zero-order valence-electron chi connectivity index (χ0n) is 24.8. The fourth-order valence-electron chi connectivity index (χ4n) is 4.87. The van der Waals surface area contributed by atoms with Gasteiger partial charge < -0.3 is 9.47 Å². The molecule has 0 saturated heterocycles. The minimum absolute atomic E-state index is 0.0212. The van der Waals surface area contributed by atoms with Crippen LogP contribution in [-0.2, 0) is 6.61 Å². The number of ether oxygens (including phenoxy) is 2. The number of hydrogen-bond acceptors (Lipinski definition) is 7. The molecule has 44 heavy (non-hydrogen) atoms. The predicted molar refractivity (Wildman–Crippen MR) is 168 cm³/mol. The van der Waals surface area contributed by atoms with Crippen molar-refractivity contribution < 1.29 is 18.8 Å². The van der Waals surface area contributed by atoms with Crippen molar-refractivity contribution in [1.29, 1.82) is 0 Å². The number of nitro groups is 1. The molecular weight excluding hydrogens is 563 g/mol. The Kier molecular flexibility index (Phi) is 8.80. The van der Waals surface area contributed by atoms with Crippen molar-refractivity contribution >= 4 is 22.8 Å². The highest BCUT2D eigenvalue weighted by atomic mass is 19.1. The topological polar surface area (TPSA) is 109 Å². The second kappa shape index (κ2) is 12.9. The van der Waals surface area contributed by atoms with Crippen LogP contribution in [-0.4, -0.2) is 27.4 Å². The summed E-state index contributed by atoms with van der Waals surface area (Å²) in [4.78, 5) is 29.9. The molecule has 5 aromatic rings. The van der Waals surface area contributed by atoms with Crippen molar-refractivity contribution in [2.75, 3.05) is 6.61 Å². The van der Waals surface area contributed by atoms with Gasteiger partial charge in [-0.2, -0.15) is 9.78 Å². The van der Waals surface area contributed by atoms with E-state index in [0.717, 1.165) is 16.9 Å². The lowest BCUT2D eigenvalue weighted by molar-refractivity contribution is -0.385. The van der Waals surface area contributed by atoms with E-state index >= 15 is 0 Å². The minimum atomic E-state index is -0.565. The highest BCUT2D eigenvalue weighted by Gasteiger charge is 2.19. The fraction of sp³-hybridized carbons (Fsp3) is 0.206. The number of aryl methyl sites for hydroxylation is 1. The van der Waals surface area contributed by atoms with Gasteiger partial charge in [-0.3, -0.25) is 14.9 Å². The van der Waals surface area contributed by atoms with Gasteiger partial charge in [0.05, 0.1) is 28.6 Å². The van der Waals surface area contributed by atoms with Gasteiger partial charge in [0.2, 0.25) is 0 Å². The van der Waals surface area contributed by atoms with Gasteiger partial charge in [0.15, 0.2) is 11.6 Å². The van der Waals surface area contributed by atoms with Gasteiger partial charge in [0, 0.05) is 17.2 Å². The van der Waals surface area contributed by atoms with Crippen molar-refractivity contribution in [2.24, 2.45) is 5.10 Å². The zero-order chi connectivity index (χ0) is 31.4. The Hall–Kier alpha value is -5.38. The lowest BCUT2D eigenvalue weighted by Gasteiger charge is -2.18. The van der Waals surface area contributed by atoms with Gasteiger partial charge in [-0.05, 0) is 85.0 Å². The van der Waals surface area contributed by atoms with Gasteiger partial charge >= 0.3 is 5.69 Å². The lowest BCUT2D eigenvalue weighted by atomic mass is 9.96.